The summed E-state index contributed by atoms with van der Waals surface area (Å²) >= 11 is 1.88. The summed E-state index contributed by atoms with van der Waals surface area (Å²) in [6.45, 7) is 4.40. The summed E-state index contributed by atoms with van der Waals surface area (Å²) in [7, 11) is 0. The van der Waals surface area contributed by atoms with Gasteiger partial charge < -0.3 is 9.88 Å². The molecule has 3 nitrogen and oxygen atoms in total. The van der Waals surface area contributed by atoms with E-state index in [1.54, 1.807) is 6.20 Å². The van der Waals surface area contributed by atoms with Gasteiger partial charge in [0, 0.05) is 33.5 Å². The fourth-order valence-corrected chi connectivity index (χ4v) is 3.26. The van der Waals surface area contributed by atoms with E-state index in [-0.39, 0.29) is 0 Å². The molecule has 0 bridgehead atoms. The minimum Gasteiger partial charge on any atom is -0.378 e. The lowest BCUT2D eigenvalue weighted by Gasteiger charge is -2.15. The van der Waals surface area contributed by atoms with E-state index in [2.05, 4.69) is 60.5 Å². The van der Waals surface area contributed by atoms with Crippen LogP contribution in [-0.2, 0) is 6.42 Å². The summed E-state index contributed by atoms with van der Waals surface area (Å²) < 4.78 is 2.01. The van der Waals surface area contributed by atoms with Crippen LogP contribution in [0, 0.1) is 0 Å². The second-order valence-electron chi connectivity index (χ2n) is 5.04. The number of hydrogen-bond donors (Lipinski definition) is 1. The molecule has 0 amide bonds. The van der Waals surface area contributed by atoms with Gasteiger partial charge in [-0.2, -0.15) is 0 Å². The van der Waals surface area contributed by atoms with Crippen LogP contribution in [0.2, 0.25) is 0 Å². The predicted octanol–water partition coefficient (Wildman–Crippen LogP) is 4.67. The van der Waals surface area contributed by atoms with Crippen molar-refractivity contribution in [3.05, 3.63) is 64.9 Å². The molecule has 1 N–H and O–H groups in total. The van der Waals surface area contributed by atoms with Crippen LogP contribution in [0.3, 0.4) is 0 Å². The van der Waals surface area contributed by atoms with Crippen LogP contribution in [0.5, 0.6) is 0 Å². The average Bonchev–Trinajstić information content (AvgIpc) is 3.19. The zero-order valence-electron chi connectivity index (χ0n) is 12.3. The third-order valence-electron chi connectivity index (χ3n) is 3.49. The number of anilines is 1. The SMILES string of the molecule is CCc1ccc(C(C)Nc2cccc(-n3ccnc3)c2)s1. The van der Waals surface area contributed by atoms with E-state index in [0.717, 1.165) is 17.8 Å². The summed E-state index contributed by atoms with van der Waals surface area (Å²) in [5.41, 5.74) is 2.24. The number of nitrogens with zero attached hydrogens (tertiary/aromatic N) is 2. The molecule has 4 heteroatoms. The maximum absolute atomic E-state index is 4.09. The first-order valence-corrected chi connectivity index (χ1v) is 8.01. The van der Waals surface area contributed by atoms with E-state index in [0.29, 0.717) is 6.04 Å². The molecular formula is C17H19N3S. The van der Waals surface area contributed by atoms with Crippen molar-refractivity contribution < 1.29 is 0 Å². The minimum absolute atomic E-state index is 0.313. The largest absolute Gasteiger partial charge is 0.378 e. The highest BCUT2D eigenvalue weighted by atomic mass is 32.1. The fourth-order valence-electron chi connectivity index (χ4n) is 2.31. The van der Waals surface area contributed by atoms with Gasteiger partial charge in [0.2, 0.25) is 0 Å². The number of aromatic nitrogens is 2. The number of nitrogens with one attached hydrogen (secondary N) is 1. The third-order valence-corrected chi connectivity index (χ3v) is 4.90. The highest BCUT2D eigenvalue weighted by Gasteiger charge is 2.08. The number of imidazole rings is 1. The predicted molar refractivity (Wildman–Crippen MR) is 89.3 cm³/mol. The molecule has 2 heterocycles. The Labute approximate surface area is 129 Å². The van der Waals surface area contributed by atoms with Gasteiger partial charge in [0.05, 0.1) is 12.4 Å². The highest BCUT2D eigenvalue weighted by Crippen LogP contribution is 2.27. The quantitative estimate of drug-likeness (QED) is 0.741. The van der Waals surface area contributed by atoms with Crippen molar-refractivity contribution in [2.75, 3.05) is 5.32 Å². The first-order chi connectivity index (χ1) is 10.3. The number of benzene rings is 1. The Balaban J connectivity index is 1.77. The molecule has 0 aliphatic carbocycles. The van der Waals surface area contributed by atoms with Gasteiger partial charge in [-0.1, -0.05) is 13.0 Å². The van der Waals surface area contributed by atoms with E-state index in [1.807, 2.05) is 28.4 Å². The molecule has 3 rings (SSSR count). The van der Waals surface area contributed by atoms with Crippen LogP contribution in [0.4, 0.5) is 5.69 Å². The zero-order chi connectivity index (χ0) is 14.7. The van der Waals surface area contributed by atoms with Crippen LogP contribution in [-0.4, -0.2) is 9.55 Å². The number of thiophene rings is 1. The summed E-state index contributed by atoms with van der Waals surface area (Å²) in [6.07, 6.45) is 6.67. The van der Waals surface area contributed by atoms with E-state index in [1.165, 1.54) is 9.75 Å². The normalized spacial score (nSPS) is 12.3. The lowest BCUT2D eigenvalue weighted by Crippen LogP contribution is -2.05. The van der Waals surface area contributed by atoms with Gasteiger partial charge in [0.1, 0.15) is 0 Å². The van der Waals surface area contributed by atoms with Crippen molar-refractivity contribution in [3.63, 3.8) is 0 Å². The van der Waals surface area contributed by atoms with Crippen LogP contribution >= 0.6 is 11.3 Å². The molecule has 0 fully saturated rings. The fraction of sp³-hybridized carbons (Fsp3) is 0.235. The van der Waals surface area contributed by atoms with Crippen molar-refractivity contribution in [1.82, 2.24) is 9.55 Å². The molecule has 0 saturated carbocycles. The molecular weight excluding hydrogens is 278 g/mol. The van der Waals surface area contributed by atoms with E-state index in [9.17, 15) is 0 Å². The van der Waals surface area contributed by atoms with E-state index in [4.69, 9.17) is 0 Å². The molecule has 3 aromatic rings. The lowest BCUT2D eigenvalue weighted by molar-refractivity contribution is 0.907. The highest BCUT2D eigenvalue weighted by molar-refractivity contribution is 7.12. The van der Waals surface area contributed by atoms with E-state index >= 15 is 0 Å². The lowest BCUT2D eigenvalue weighted by atomic mass is 10.2. The monoisotopic (exact) mass is 297 g/mol. The second kappa shape index (κ2) is 6.14. The van der Waals surface area contributed by atoms with Gasteiger partial charge in [-0.25, -0.2) is 4.98 Å². The third kappa shape index (κ3) is 3.16. The van der Waals surface area contributed by atoms with Crippen LogP contribution < -0.4 is 5.32 Å². The molecule has 2 aromatic heterocycles. The molecule has 0 saturated heterocycles. The molecule has 0 radical (unpaired) electrons. The average molecular weight is 297 g/mol. The minimum atomic E-state index is 0.313. The summed E-state index contributed by atoms with van der Waals surface area (Å²) in [6, 6.07) is 13.2. The summed E-state index contributed by atoms with van der Waals surface area (Å²) in [5.74, 6) is 0. The van der Waals surface area contributed by atoms with Crippen molar-refractivity contribution in [1.29, 1.82) is 0 Å². The Hall–Kier alpha value is -2.07. The van der Waals surface area contributed by atoms with Gasteiger partial charge in [-0.05, 0) is 43.7 Å². The first-order valence-electron chi connectivity index (χ1n) is 7.20. The van der Waals surface area contributed by atoms with Gasteiger partial charge in [-0.15, -0.1) is 11.3 Å². The number of hydrogen-bond acceptors (Lipinski definition) is 3. The van der Waals surface area contributed by atoms with Gasteiger partial charge in [0.15, 0.2) is 0 Å². The molecule has 0 spiro atoms. The molecule has 21 heavy (non-hydrogen) atoms. The molecule has 0 aliphatic rings. The van der Waals surface area contributed by atoms with Crippen molar-refractivity contribution in [2.24, 2.45) is 0 Å². The maximum atomic E-state index is 4.09. The van der Waals surface area contributed by atoms with Crippen molar-refractivity contribution in [2.45, 2.75) is 26.3 Å². The van der Waals surface area contributed by atoms with Crippen molar-refractivity contribution >= 4 is 17.0 Å². The van der Waals surface area contributed by atoms with Gasteiger partial charge in [-0.3, -0.25) is 0 Å². The second-order valence-corrected chi connectivity index (χ2v) is 6.24. The standard InChI is InChI=1S/C17H19N3S/c1-3-16-7-8-17(21-16)13(2)19-14-5-4-6-15(11-14)20-10-9-18-12-20/h4-13,19H,3H2,1-2H3. The maximum Gasteiger partial charge on any atom is 0.0991 e. The topological polar surface area (TPSA) is 29.9 Å². The Bertz CT molecular complexity index is 700. The molecule has 1 aromatic carbocycles. The van der Waals surface area contributed by atoms with Crippen LogP contribution in [0.25, 0.3) is 5.69 Å². The summed E-state index contributed by atoms with van der Waals surface area (Å²) in [4.78, 5) is 6.90. The van der Waals surface area contributed by atoms with Crippen LogP contribution in [0.1, 0.15) is 29.6 Å². The molecule has 1 atom stereocenters. The van der Waals surface area contributed by atoms with Gasteiger partial charge >= 0.3 is 0 Å². The van der Waals surface area contributed by atoms with Gasteiger partial charge in [0.25, 0.3) is 0 Å². The summed E-state index contributed by atoms with van der Waals surface area (Å²) in [5, 5.41) is 3.57. The molecule has 1 unspecified atom stereocenters. The Morgan fingerprint density at radius 3 is 2.90 bits per heavy atom. The number of aryl methyl sites for hydroxylation is 1. The first kappa shape index (κ1) is 13.9. The molecule has 108 valence electrons. The molecule has 0 aliphatic heterocycles. The van der Waals surface area contributed by atoms with Crippen LogP contribution in [0.15, 0.2) is 55.1 Å². The smallest absolute Gasteiger partial charge is 0.0991 e. The Morgan fingerprint density at radius 1 is 1.29 bits per heavy atom. The number of rotatable bonds is 5. The zero-order valence-corrected chi connectivity index (χ0v) is 13.1. The van der Waals surface area contributed by atoms with Crippen molar-refractivity contribution in [3.8, 4) is 5.69 Å². The Kier molecular flexibility index (Phi) is 4.06. The van der Waals surface area contributed by atoms with E-state index < -0.39 is 0 Å². The Morgan fingerprint density at radius 2 is 2.19 bits per heavy atom.